The first-order valence-corrected chi connectivity index (χ1v) is 7.59. The lowest BCUT2D eigenvalue weighted by molar-refractivity contribution is 0.284. The number of halogens is 1. The largest absolute Gasteiger partial charge is 0.490 e. The van der Waals surface area contributed by atoms with Crippen molar-refractivity contribution in [2.75, 3.05) is 13.2 Å². The number of rotatable bonds is 4. The second-order valence-corrected chi connectivity index (χ2v) is 6.39. The number of ether oxygens (including phenoxy) is 2. The SMILES string of the molecule is CCOc1cc(Br)c2c(c1OCC)[C@@H](N)CC2(C)C. The Bertz CT molecular complexity index is 486. The third kappa shape index (κ3) is 2.48. The lowest BCUT2D eigenvalue weighted by atomic mass is 9.86. The van der Waals surface area contributed by atoms with Crippen molar-refractivity contribution in [3.8, 4) is 11.5 Å². The van der Waals surface area contributed by atoms with Gasteiger partial charge in [-0.25, -0.2) is 0 Å². The summed E-state index contributed by atoms with van der Waals surface area (Å²) in [5, 5.41) is 0. The minimum absolute atomic E-state index is 0.00301. The van der Waals surface area contributed by atoms with Crippen molar-refractivity contribution < 1.29 is 9.47 Å². The van der Waals surface area contributed by atoms with Crippen molar-refractivity contribution in [1.82, 2.24) is 0 Å². The molecule has 0 heterocycles. The molecular weight excluding hydrogens is 306 g/mol. The second-order valence-electron chi connectivity index (χ2n) is 5.53. The van der Waals surface area contributed by atoms with Crippen LogP contribution in [-0.4, -0.2) is 13.2 Å². The average molecular weight is 328 g/mol. The van der Waals surface area contributed by atoms with Gasteiger partial charge in [0, 0.05) is 16.1 Å². The van der Waals surface area contributed by atoms with Crippen LogP contribution in [0.4, 0.5) is 0 Å². The molecule has 0 amide bonds. The fourth-order valence-corrected chi connectivity index (χ4v) is 3.94. The van der Waals surface area contributed by atoms with E-state index in [0.29, 0.717) is 13.2 Å². The summed E-state index contributed by atoms with van der Waals surface area (Å²) in [5.74, 6) is 1.60. The third-order valence-corrected chi connectivity index (χ3v) is 4.23. The Hall–Kier alpha value is -0.740. The van der Waals surface area contributed by atoms with E-state index in [1.54, 1.807) is 0 Å². The molecule has 2 N–H and O–H groups in total. The molecule has 0 saturated carbocycles. The van der Waals surface area contributed by atoms with E-state index in [1.165, 1.54) is 5.56 Å². The van der Waals surface area contributed by atoms with E-state index in [1.807, 2.05) is 19.9 Å². The fraction of sp³-hybridized carbons (Fsp3) is 0.600. The van der Waals surface area contributed by atoms with E-state index >= 15 is 0 Å². The van der Waals surface area contributed by atoms with Crippen molar-refractivity contribution in [3.05, 3.63) is 21.7 Å². The van der Waals surface area contributed by atoms with Gasteiger partial charge in [0.15, 0.2) is 11.5 Å². The molecule has 0 bridgehead atoms. The van der Waals surface area contributed by atoms with E-state index < -0.39 is 0 Å². The molecule has 0 unspecified atom stereocenters. The Labute approximate surface area is 123 Å². The van der Waals surface area contributed by atoms with Gasteiger partial charge in [0.2, 0.25) is 0 Å². The molecule has 0 fully saturated rings. The van der Waals surface area contributed by atoms with Crippen molar-refractivity contribution in [2.24, 2.45) is 5.73 Å². The number of benzene rings is 1. The van der Waals surface area contributed by atoms with E-state index in [2.05, 4.69) is 29.8 Å². The molecule has 2 rings (SSSR count). The molecule has 0 radical (unpaired) electrons. The number of nitrogens with two attached hydrogens (primary N) is 1. The van der Waals surface area contributed by atoms with Gasteiger partial charge < -0.3 is 15.2 Å². The standard InChI is InChI=1S/C15H22BrNO2/c1-5-18-11-7-9(16)13-12(14(11)19-6-2)10(17)8-15(13,3)4/h7,10H,5-6,8,17H2,1-4H3/t10-/m0/s1. The van der Waals surface area contributed by atoms with E-state index in [-0.39, 0.29) is 11.5 Å². The summed E-state index contributed by atoms with van der Waals surface area (Å²) in [6, 6.07) is 2.01. The maximum absolute atomic E-state index is 6.33. The predicted octanol–water partition coefficient (Wildman–Crippen LogP) is 3.93. The maximum atomic E-state index is 6.33. The van der Waals surface area contributed by atoms with E-state index in [9.17, 15) is 0 Å². The van der Waals surface area contributed by atoms with Gasteiger partial charge in [-0.05, 0) is 37.3 Å². The van der Waals surface area contributed by atoms with Crippen LogP contribution in [-0.2, 0) is 5.41 Å². The molecular formula is C15H22BrNO2. The molecule has 0 aliphatic heterocycles. The zero-order chi connectivity index (χ0) is 14.2. The van der Waals surface area contributed by atoms with Crippen LogP contribution in [0.1, 0.15) is 51.3 Å². The summed E-state index contributed by atoms with van der Waals surface area (Å²) in [6.45, 7) is 9.63. The van der Waals surface area contributed by atoms with Gasteiger partial charge in [-0.3, -0.25) is 0 Å². The maximum Gasteiger partial charge on any atom is 0.166 e. The molecule has 3 nitrogen and oxygen atoms in total. The molecule has 0 spiro atoms. The molecule has 1 aliphatic carbocycles. The Balaban J connectivity index is 2.66. The second kappa shape index (κ2) is 5.33. The predicted molar refractivity (Wildman–Crippen MR) is 81.1 cm³/mol. The Morgan fingerprint density at radius 3 is 2.53 bits per heavy atom. The molecule has 19 heavy (non-hydrogen) atoms. The van der Waals surface area contributed by atoms with Crippen LogP contribution >= 0.6 is 15.9 Å². The minimum atomic E-state index is 0.00301. The number of hydrogen-bond donors (Lipinski definition) is 1. The molecule has 1 aromatic carbocycles. The van der Waals surface area contributed by atoms with Crippen LogP contribution in [0.5, 0.6) is 11.5 Å². The highest BCUT2D eigenvalue weighted by Crippen LogP contribution is 2.53. The van der Waals surface area contributed by atoms with Gasteiger partial charge >= 0.3 is 0 Å². The van der Waals surface area contributed by atoms with Crippen molar-refractivity contribution in [2.45, 2.75) is 45.6 Å². The average Bonchev–Trinajstić information content (AvgIpc) is 2.55. The molecule has 106 valence electrons. The zero-order valence-corrected chi connectivity index (χ0v) is 13.6. The van der Waals surface area contributed by atoms with Crippen LogP contribution in [0.25, 0.3) is 0 Å². The highest BCUT2D eigenvalue weighted by atomic mass is 79.9. The first-order chi connectivity index (χ1) is 8.92. The Morgan fingerprint density at radius 2 is 1.95 bits per heavy atom. The first-order valence-electron chi connectivity index (χ1n) is 6.80. The topological polar surface area (TPSA) is 44.5 Å². The molecule has 0 aromatic heterocycles. The van der Waals surface area contributed by atoms with Gasteiger partial charge in [-0.1, -0.05) is 29.8 Å². The van der Waals surface area contributed by atoms with Gasteiger partial charge in [0.1, 0.15) is 0 Å². The highest BCUT2D eigenvalue weighted by molar-refractivity contribution is 9.10. The molecule has 1 aromatic rings. The fourth-order valence-electron chi connectivity index (χ4n) is 2.98. The van der Waals surface area contributed by atoms with Crippen LogP contribution in [0, 0.1) is 0 Å². The minimum Gasteiger partial charge on any atom is -0.490 e. The zero-order valence-electron chi connectivity index (χ0n) is 12.0. The molecule has 0 saturated heterocycles. The number of fused-ring (bicyclic) bond motifs is 1. The molecule has 1 aliphatic rings. The van der Waals surface area contributed by atoms with Gasteiger partial charge in [-0.15, -0.1) is 0 Å². The van der Waals surface area contributed by atoms with Gasteiger partial charge in [0.25, 0.3) is 0 Å². The third-order valence-electron chi connectivity index (χ3n) is 3.60. The first kappa shape index (κ1) is 14.7. The summed E-state index contributed by atoms with van der Waals surface area (Å²) < 4.78 is 12.6. The Morgan fingerprint density at radius 1 is 1.32 bits per heavy atom. The van der Waals surface area contributed by atoms with Crippen molar-refractivity contribution in [1.29, 1.82) is 0 Å². The Kier molecular flexibility index (Phi) is 4.11. The van der Waals surface area contributed by atoms with E-state index in [0.717, 1.165) is 28.0 Å². The summed E-state index contributed by atoms with van der Waals surface area (Å²) in [6.07, 6.45) is 0.927. The summed E-state index contributed by atoms with van der Waals surface area (Å²) in [7, 11) is 0. The summed E-state index contributed by atoms with van der Waals surface area (Å²) in [4.78, 5) is 0. The number of hydrogen-bond acceptors (Lipinski definition) is 3. The molecule has 4 heteroatoms. The highest BCUT2D eigenvalue weighted by Gasteiger charge is 2.40. The van der Waals surface area contributed by atoms with Crippen LogP contribution < -0.4 is 15.2 Å². The summed E-state index contributed by atoms with van der Waals surface area (Å²) >= 11 is 3.67. The van der Waals surface area contributed by atoms with E-state index in [4.69, 9.17) is 15.2 Å². The van der Waals surface area contributed by atoms with Crippen LogP contribution in [0.3, 0.4) is 0 Å². The van der Waals surface area contributed by atoms with Crippen molar-refractivity contribution >= 4 is 15.9 Å². The normalized spacial score (nSPS) is 20.2. The van der Waals surface area contributed by atoms with Crippen molar-refractivity contribution in [3.63, 3.8) is 0 Å². The summed E-state index contributed by atoms with van der Waals surface area (Å²) in [5.41, 5.74) is 8.75. The quantitative estimate of drug-likeness (QED) is 0.911. The smallest absolute Gasteiger partial charge is 0.166 e. The lowest BCUT2D eigenvalue weighted by Crippen LogP contribution is -2.14. The lowest BCUT2D eigenvalue weighted by Gasteiger charge is -2.22. The van der Waals surface area contributed by atoms with Crippen LogP contribution in [0.2, 0.25) is 0 Å². The molecule has 1 atom stereocenters. The van der Waals surface area contributed by atoms with Gasteiger partial charge in [0.05, 0.1) is 13.2 Å². The monoisotopic (exact) mass is 327 g/mol. The van der Waals surface area contributed by atoms with Gasteiger partial charge in [-0.2, -0.15) is 0 Å². The van der Waals surface area contributed by atoms with Crippen LogP contribution in [0.15, 0.2) is 10.5 Å².